The van der Waals surface area contributed by atoms with Gasteiger partial charge in [0.05, 0.1) is 43.8 Å². The van der Waals surface area contributed by atoms with Crippen LogP contribution in [0.2, 0.25) is 0 Å². The van der Waals surface area contributed by atoms with E-state index in [0.717, 1.165) is 0 Å². The van der Waals surface area contributed by atoms with Crippen molar-refractivity contribution in [1.82, 2.24) is 4.90 Å². The summed E-state index contributed by atoms with van der Waals surface area (Å²) in [5.41, 5.74) is 5.16. The van der Waals surface area contributed by atoms with Gasteiger partial charge in [0.2, 0.25) is 5.91 Å². The maximum absolute atomic E-state index is 13.0. The molecule has 12 nitrogen and oxygen atoms in total. The number of carbonyl (C=O) groups is 3. The summed E-state index contributed by atoms with van der Waals surface area (Å²) in [6, 6.07) is 0. The maximum Gasteiger partial charge on any atom is 0.475 e. The number of fused-ring (bicyclic) bond motifs is 1. The molecule has 3 aliphatic heterocycles. The molecule has 0 aromatic rings. The summed E-state index contributed by atoms with van der Waals surface area (Å²) in [5, 5.41) is 0. The van der Waals surface area contributed by atoms with Crippen LogP contribution >= 0.6 is 7.82 Å². The van der Waals surface area contributed by atoms with Gasteiger partial charge in [-0.15, -0.1) is 0 Å². The molecule has 0 aliphatic carbocycles. The predicted octanol–water partition coefficient (Wildman–Crippen LogP) is 0.641. The fraction of sp³-hybridized carbons (Fsp3) is 0.737. The first-order chi connectivity index (χ1) is 14.9. The number of allylic oxidation sites excluding steroid dienone is 1. The summed E-state index contributed by atoms with van der Waals surface area (Å²) in [4.78, 5) is 36.8. The molecular formula is C19H29N2O10P. The Labute approximate surface area is 185 Å². The van der Waals surface area contributed by atoms with Crippen molar-refractivity contribution in [2.45, 2.75) is 69.8 Å². The largest absolute Gasteiger partial charge is 0.475 e. The zero-order valence-corrected chi connectivity index (χ0v) is 19.3. The molecule has 2 saturated heterocycles. The second kappa shape index (κ2) is 9.68. The van der Waals surface area contributed by atoms with Gasteiger partial charge in [0, 0.05) is 13.3 Å². The van der Waals surface area contributed by atoms with E-state index in [1.165, 1.54) is 24.3 Å². The van der Waals surface area contributed by atoms with Gasteiger partial charge in [0.15, 0.2) is 12.0 Å². The molecule has 3 aliphatic rings. The Morgan fingerprint density at radius 2 is 2.12 bits per heavy atom. The zero-order valence-electron chi connectivity index (χ0n) is 18.4. The summed E-state index contributed by atoms with van der Waals surface area (Å²) in [6.07, 6.45) is -1.42. The normalized spacial score (nSPS) is 35.8. The highest BCUT2D eigenvalue weighted by Crippen LogP contribution is 2.57. The number of phosphoric acid groups is 1. The third kappa shape index (κ3) is 5.45. The van der Waals surface area contributed by atoms with Crippen LogP contribution in [0.5, 0.6) is 0 Å². The number of esters is 1. The number of nitrogens with two attached hydrogens (primary N) is 1. The Bertz CT molecular complexity index is 829. The Kier molecular flexibility index (Phi) is 7.55. The first kappa shape index (κ1) is 25.0. The predicted molar refractivity (Wildman–Crippen MR) is 108 cm³/mol. The Morgan fingerprint density at radius 1 is 1.41 bits per heavy atom. The van der Waals surface area contributed by atoms with Crippen molar-refractivity contribution in [3.8, 4) is 0 Å². The van der Waals surface area contributed by atoms with Crippen molar-refractivity contribution < 1.29 is 46.7 Å². The quantitative estimate of drug-likeness (QED) is 0.298. The van der Waals surface area contributed by atoms with Crippen LogP contribution in [-0.4, -0.2) is 79.1 Å². The average molecular weight is 476 g/mol. The van der Waals surface area contributed by atoms with Gasteiger partial charge in [-0.05, 0) is 26.8 Å². The van der Waals surface area contributed by atoms with E-state index in [4.69, 9.17) is 33.5 Å². The minimum Gasteiger partial charge on any atom is -0.463 e. The van der Waals surface area contributed by atoms with Gasteiger partial charge in [-0.25, -0.2) is 4.57 Å². The van der Waals surface area contributed by atoms with Crippen LogP contribution in [0.1, 0.15) is 33.6 Å². The lowest BCUT2D eigenvalue weighted by atomic mass is 9.92. The van der Waals surface area contributed by atoms with Crippen molar-refractivity contribution in [3.63, 3.8) is 0 Å². The zero-order chi connectivity index (χ0) is 23.7. The van der Waals surface area contributed by atoms with E-state index in [9.17, 15) is 18.9 Å². The van der Waals surface area contributed by atoms with Crippen LogP contribution in [0.15, 0.2) is 12.3 Å². The molecule has 0 aromatic heterocycles. The molecule has 1 amide bonds. The van der Waals surface area contributed by atoms with Crippen LogP contribution < -0.4 is 5.73 Å². The molecular weight excluding hydrogens is 447 g/mol. The minimum absolute atomic E-state index is 0.108. The van der Waals surface area contributed by atoms with Crippen molar-refractivity contribution in [2.24, 2.45) is 5.73 Å². The number of ether oxygens (including phenoxy) is 3. The average Bonchev–Trinajstić information content (AvgIpc) is 2.95. The number of phosphoric ester groups is 1. The third-order valence-corrected chi connectivity index (χ3v) is 6.64. The Hall–Kier alpha value is -1.66. The third-order valence-electron chi connectivity index (χ3n) is 5.23. The molecule has 0 unspecified atom stereocenters. The first-order valence-corrected chi connectivity index (χ1v) is 11.7. The van der Waals surface area contributed by atoms with E-state index < -0.39 is 49.8 Å². The molecule has 2 N–H and O–H groups in total. The van der Waals surface area contributed by atoms with Gasteiger partial charge in [-0.1, -0.05) is 0 Å². The number of ketones is 1. The van der Waals surface area contributed by atoms with Crippen LogP contribution in [0.3, 0.4) is 0 Å². The SMILES string of the molecule is CO[C@H](CO[P@@]1(=O)OC[C@H]2O[C@@H](N3C=CC(=O)CC3=O)[C@](C)(N)[C@@H]2O1)CC(=O)OC(C)C. The van der Waals surface area contributed by atoms with Crippen molar-refractivity contribution in [2.75, 3.05) is 20.3 Å². The monoisotopic (exact) mass is 476 g/mol. The minimum atomic E-state index is -4.06. The topological polar surface area (TPSA) is 153 Å². The molecule has 32 heavy (non-hydrogen) atoms. The molecule has 2 fully saturated rings. The number of amides is 1. The summed E-state index contributed by atoms with van der Waals surface area (Å²) < 4.78 is 45.5. The molecule has 0 aromatic carbocycles. The fourth-order valence-electron chi connectivity index (χ4n) is 3.64. The van der Waals surface area contributed by atoms with Crippen LogP contribution in [0.25, 0.3) is 0 Å². The van der Waals surface area contributed by atoms with E-state index in [-0.39, 0.29) is 37.9 Å². The Morgan fingerprint density at radius 3 is 2.75 bits per heavy atom. The molecule has 0 bridgehead atoms. The lowest BCUT2D eigenvalue weighted by Crippen LogP contribution is -2.60. The number of carbonyl (C=O) groups excluding carboxylic acids is 3. The number of hydrogen-bond acceptors (Lipinski definition) is 11. The number of methoxy groups -OCH3 is 1. The number of hydrogen-bond donors (Lipinski definition) is 1. The van der Waals surface area contributed by atoms with Gasteiger partial charge in [0.25, 0.3) is 0 Å². The van der Waals surface area contributed by atoms with Crippen LogP contribution in [0.4, 0.5) is 0 Å². The highest BCUT2D eigenvalue weighted by molar-refractivity contribution is 7.48. The van der Waals surface area contributed by atoms with Gasteiger partial charge in [-0.3, -0.25) is 32.9 Å². The number of rotatable bonds is 8. The standard InChI is InChI=1S/C19H29N2O10P/c1-11(2)29-16(24)8-13(26-4)9-27-32(25)28-10-14-17(31-32)19(3,20)18(30-14)21-6-5-12(22)7-15(21)23/h5-6,11,13-14,17-18H,7-10,20H2,1-4H3/t13-,14+,17+,18+,19+,32-/m0/s1. The van der Waals surface area contributed by atoms with Crippen LogP contribution in [0, 0.1) is 0 Å². The van der Waals surface area contributed by atoms with Gasteiger partial charge < -0.3 is 19.9 Å². The van der Waals surface area contributed by atoms with E-state index in [1.807, 2.05) is 0 Å². The molecule has 180 valence electrons. The molecule has 0 radical (unpaired) electrons. The van der Waals surface area contributed by atoms with Gasteiger partial charge in [-0.2, -0.15) is 0 Å². The highest BCUT2D eigenvalue weighted by Gasteiger charge is 2.60. The van der Waals surface area contributed by atoms with Crippen molar-refractivity contribution >= 4 is 25.5 Å². The molecule has 13 heteroatoms. The molecule has 0 spiro atoms. The maximum atomic E-state index is 13.0. The molecule has 3 rings (SSSR count). The highest BCUT2D eigenvalue weighted by atomic mass is 31.2. The van der Waals surface area contributed by atoms with E-state index >= 15 is 0 Å². The van der Waals surface area contributed by atoms with Crippen molar-refractivity contribution in [1.29, 1.82) is 0 Å². The molecule has 6 atom stereocenters. The van der Waals surface area contributed by atoms with E-state index in [2.05, 4.69) is 0 Å². The summed E-state index contributed by atoms with van der Waals surface area (Å²) in [6.45, 7) is 4.64. The molecule has 0 saturated carbocycles. The van der Waals surface area contributed by atoms with E-state index in [1.54, 1.807) is 20.8 Å². The van der Waals surface area contributed by atoms with Gasteiger partial charge >= 0.3 is 13.8 Å². The summed E-state index contributed by atoms with van der Waals surface area (Å²) in [7, 11) is -2.68. The summed E-state index contributed by atoms with van der Waals surface area (Å²) >= 11 is 0. The van der Waals surface area contributed by atoms with Gasteiger partial charge in [0.1, 0.15) is 12.2 Å². The van der Waals surface area contributed by atoms with Crippen molar-refractivity contribution in [3.05, 3.63) is 12.3 Å². The first-order valence-electron chi connectivity index (χ1n) is 10.2. The second-order valence-corrected chi connectivity index (χ2v) is 9.94. The molecule has 3 heterocycles. The number of nitrogens with zero attached hydrogens (tertiary/aromatic N) is 1. The smallest absolute Gasteiger partial charge is 0.463 e. The van der Waals surface area contributed by atoms with E-state index in [0.29, 0.717) is 0 Å². The fourth-order valence-corrected chi connectivity index (χ4v) is 5.15. The lowest BCUT2D eigenvalue weighted by Gasteiger charge is -2.38. The second-order valence-electron chi connectivity index (χ2n) is 8.32. The lowest BCUT2D eigenvalue weighted by molar-refractivity contribution is -0.151. The Balaban J connectivity index is 1.64. The summed E-state index contributed by atoms with van der Waals surface area (Å²) in [5.74, 6) is -1.27. The van der Waals surface area contributed by atoms with Crippen LogP contribution in [-0.2, 0) is 46.7 Å².